The molecule has 3 aromatic carbocycles. The van der Waals surface area contributed by atoms with Crippen LogP contribution in [0.3, 0.4) is 0 Å². The van der Waals surface area contributed by atoms with Crippen molar-refractivity contribution in [1.82, 2.24) is 0 Å². The zero-order chi connectivity index (χ0) is 18.4. The molecule has 0 bridgehead atoms. The van der Waals surface area contributed by atoms with Crippen LogP contribution < -0.4 is 4.74 Å². The van der Waals surface area contributed by atoms with Gasteiger partial charge in [0.25, 0.3) is 0 Å². The topological polar surface area (TPSA) is 29.5 Å². The lowest BCUT2D eigenvalue weighted by atomic mass is 10.0. The molecule has 3 rings (SSSR count). The van der Waals surface area contributed by atoms with Crippen molar-refractivity contribution in [2.24, 2.45) is 0 Å². The lowest BCUT2D eigenvalue weighted by Gasteiger charge is -2.13. The maximum absolute atomic E-state index is 10.4. The Hall–Kier alpha value is -2.00. The van der Waals surface area contributed by atoms with Gasteiger partial charge in [0.05, 0.1) is 6.10 Å². The van der Waals surface area contributed by atoms with E-state index in [-0.39, 0.29) is 0 Å². The molecule has 0 fully saturated rings. The number of ether oxygens (including phenoxy) is 1. The largest absolute Gasteiger partial charge is 0.489 e. The lowest BCUT2D eigenvalue weighted by molar-refractivity contribution is 0.168. The monoisotopic (exact) mass is 386 g/mol. The smallest absolute Gasteiger partial charge is 0.119 e. The second-order valence-electron chi connectivity index (χ2n) is 6.14. The molecule has 0 aliphatic rings. The van der Waals surface area contributed by atoms with Crippen molar-refractivity contribution >= 4 is 23.2 Å². The third-order valence-electron chi connectivity index (χ3n) is 4.20. The number of aliphatic hydroxyl groups excluding tert-OH is 1. The minimum atomic E-state index is -0.617. The fourth-order valence-corrected chi connectivity index (χ4v) is 3.26. The summed E-state index contributed by atoms with van der Waals surface area (Å²) in [6.07, 6.45) is 0.721. The highest BCUT2D eigenvalue weighted by Crippen LogP contribution is 2.29. The third kappa shape index (κ3) is 5.25. The summed E-state index contributed by atoms with van der Waals surface area (Å²) in [6, 6.07) is 23.2. The Labute approximate surface area is 164 Å². The van der Waals surface area contributed by atoms with Gasteiger partial charge in [-0.2, -0.15) is 0 Å². The molecule has 1 atom stereocenters. The number of benzene rings is 3. The van der Waals surface area contributed by atoms with E-state index in [1.807, 2.05) is 54.6 Å². The van der Waals surface area contributed by atoms with E-state index >= 15 is 0 Å². The quantitative estimate of drug-likeness (QED) is 0.520. The van der Waals surface area contributed by atoms with E-state index in [1.165, 1.54) is 0 Å². The minimum absolute atomic E-state index is 0.495. The van der Waals surface area contributed by atoms with E-state index in [0.717, 1.165) is 23.3 Å². The predicted octanol–water partition coefficient (Wildman–Crippen LogP) is 6.24. The molecule has 3 aromatic rings. The van der Waals surface area contributed by atoms with Crippen molar-refractivity contribution in [3.63, 3.8) is 0 Å². The SMILES string of the molecule is OC(CCc1ccc(OCc2ccccc2)cc1)c1ccc(Cl)cc1Cl. The number of aliphatic hydroxyl groups is 1. The second-order valence-corrected chi connectivity index (χ2v) is 6.98. The van der Waals surface area contributed by atoms with Crippen molar-refractivity contribution in [2.75, 3.05) is 0 Å². The van der Waals surface area contributed by atoms with Gasteiger partial charge in [0.2, 0.25) is 0 Å². The first-order chi connectivity index (χ1) is 12.6. The zero-order valence-corrected chi connectivity index (χ0v) is 15.8. The lowest BCUT2D eigenvalue weighted by Crippen LogP contribution is -2.01. The highest BCUT2D eigenvalue weighted by Gasteiger charge is 2.12. The Balaban J connectivity index is 1.52. The Morgan fingerprint density at radius 1 is 0.846 bits per heavy atom. The number of aryl methyl sites for hydroxylation is 1. The van der Waals surface area contributed by atoms with Crippen LogP contribution in [0.2, 0.25) is 10.0 Å². The first kappa shape index (κ1) is 18.8. The van der Waals surface area contributed by atoms with Crippen LogP contribution in [0, 0.1) is 0 Å². The standard InChI is InChI=1S/C22H20Cl2O2/c23-18-9-12-20(21(24)14-18)22(25)13-8-16-6-10-19(11-7-16)26-15-17-4-2-1-3-5-17/h1-7,9-12,14,22,25H,8,13,15H2. The van der Waals surface area contributed by atoms with Crippen LogP contribution in [-0.4, -0.2) is 5.11 Å². The Kier molecular flexibility index (Phi) is 6.56. The fourth-order valence-electron chi connectivity index (χ4n) is 2.72. The molecule has 4 heteroatoms. The van der Waals surface area contributed by atoms with Crippen LogP contribution in [0.25, 0.3) is 0 Å². The molecule has 0 aliphatic carbocycles. The molecule has 2 nitrogen and oxygen atoms in total. The summed E-state index contributed by atoms with van der Waals surface area (Å²) < 4.78 is 5.79. The highest BCUT2D eigenvalue weighted by atomic mass is 35.5. The van der Waals surface area contributed by atoms with Gasteiger partial charge in [-0.25, -0.2) is 0 Å². The van der Waals surface area contributed by atoms with Crippen LogP contribution in [0.4, 0.5) is 0 Å². The van der Waals surface area contributed by atoms with E-state index in [1.54, 1.807) is 18.2 Å². The molecule has 0 saturated carbocycles. The molecule has 0 saturated heterocycles. The van der Waals surface area contributed by atoms with Crippen LogP contribution in [0.15, 0.2) is 72.8 Å². The zero-order valence-electron chi connectivity index (χ0n) is 14.2. The molecule has 0 radical (unpaired) electrons. The second kappa shape index (κ2) is 9.09. The van der Waals surface area contributed by atoms with Crippen LogP contribution >= 0.6 is 23.2 Å². The fraction of sp³-hybridized carbons (Fsp3) is 0.182. The summed E-state index contributed by atoms with van der Waals surface area (Å²) in [7, 11) is 0. The van der Waals surface area contributed by atoms with Crippen LogP contribution in [-0.2, 0) is 13.0 Å². The van der Waals surface area contributed by atoms with E-state index in [2.05, 4.69) is 0 Å². The van der Waals surface area contributed by atoms with Crippen molar-refractivity contribution in [2.45, 2.75) is 25.6 Å². The molecule has 0 amide bonds. The first-order valence-corrected chi connectivity index (χ1v) is 9.26. The van der Waals surface area contributed by atoms with Gasteiger partial charge in [-0.1, -0.05) is 71.7 Å². The average Bonchev–Trinajstić information content (AvgIpc) is 2.66. The van der Waals surface area contributed by atoms with Gasteiger partial charge in [-0.3, -0.25) is 0 Å². The number of hydrogen-bond donors (Lipinski definition) is 1. The molecular weight excluding hydrogens is 367 g/mol. The van der Waals surface area contributed by atoms with Crippen molar-refractivity contribution < 1.29 is 9.84 Å². The van der Waals surface area contributed by atoms with Gasteiger partial charge in [-0.15, -0.1) is 0 Å². The van der Waals surface area contributed by atoms with Gasteiger partial charge in [0.15, 0.2) is 0 Å². The van der Waals surface area contributed by atoms with Gasteiger partial charge in [-0.05, 0) is 53.8 Å². The maximum atomic E-state index is 10.4. The van der Waals surface area contributed by atoms with Crippen molar-refractivity contribution in [1.29, 1.82) is 0 Å². The molecule has 0 aromatic heterocycles. The predicted molar refractivity (Wildman–Crippen MR) is 107 cm³/mol. The summed E-state index contributed by atoms with van der Waals surface area (Å²) in [5.41, 5.74) is 2.99. The molecule has 26 heavy (non-hydrogen) atoms. The van der Waals surface area contributed by atoms with Gasteiger partial charge in [0.1, 0.15) is 12.4 Å². The van der Waals surface area contributed by atoms with E-state index < -0.39 is 6.10 Å². The molecule has 0 heterocycles. The maximum Gasteiger partial charge on any atom is 0.119 e. The third-order valence-corrected chi connectivity index (χ3v) is 4.76. The van der Waals surface area contributed by atoms with Gasteiger partial charge < -0.3 is 9.84 Å². The molecule has 134 valence electrons. The van der Waals surface area contributed by atoms with Crippen LogP contribution in [0.1, 0.15) is 29.2 Å². The van der Waals surface area contributed by atoms with E-state index in [4.69, 9.17) is 27.9 Å². The van der Waals surface area contributed by atoms with Crippen LogP contribution in [0.5, 0.6) is 5.75 Å². The Morgan fingerprint density at radius 2 is 1.58 bits per heavy atom. The molecule has 1 N–H and O–H groups in total. The Bertz CT molecular complexity index is 833. The molecule has 0 aliphatic heterocycles. The average molecular weight is 387 g/mol. The summed E-state index contributed by atoms with van der Waals surface area (Å²) >= 11 is 12.0. The van der Waals surface area contributed by atoms with Gasteiger partial charge >= 0.3 is 0 Å². The van der Waals surface area contributed by atoms with Crippen molar-refractivity contribution in [3.05, 3.63) is 99.5 Å². The minimum Gasteiger partial charge on any atom is -0.489 e. The number of hydrogen-bond acceptors (Lipinski definition) is 2. The summed E-state index contributed by atoms with van der Waals surface area (Å²) in [5, 5.41) is 11.4. The molecule has 0 spiro atoms. The van der Waals surface area contributed by atoms with E-state index in [9.17, 15) is 5.11 Å². The number of halogens is 2. The normalized spacial score (nSPS) is 12.0. The summed E-state index contributed by atoms with van der Waals surface area (Å²) in [4.78, 5) is 0. The first-order valence-electron chi connectivity index (χ1n) is 8.50. The summed E-state index contributed by atoms with van der Waals surface area (Å²) in [5.74, 6) is 0.832. The van der Waals surface area contributed by atoms with E-state index in [0.29, 0.717) is 28.6 Å². The number of rotatable bonds is 7. The van der Waals surface area contributed by atoms with Crippen molar-refractivity contribution in [3.8, 4) is 5.75 Å². The summed E-state index contributed by atoms with van der Waals surface area (Å²) in [6.45, 7) is 0.550. The van der Waals surface area contributed by atoms with Gasteiger partial charge in [0, 0.05) is 10.0 Å². The Morgan fingerprint density at radius 3 is 2.27 bits per heavy atom. The molecule has 1 unspecified atom stereocenters. The molecular formula is C22H20Cl2O2. The highest BCUT2D eigenvalue weighted by molar-refractivity contribution is 6.35.